The quantitative estimate of drug-likeness (QED) is 0.750. The van der Waals surface area contributed by atoms with E-state index >= 15 is 0 Å². The molecule has 0 aromatic carbocycles. The Morgan fingerprint density at radius 3 is 3.07 bits per heavy atom. The van der Waals surface area contributed by atoms with Crippen LogP contribution in [-0.2, 0) is 11.2 Å². The smallest absolute Gasteiger partial charge is 0.136 e. The maximum absolute atomic E-state index is 11.4. The number of pyridine rings is 1. The molecule has 74 valence electrons. The highest BCUT2D eigenvalue weighted by Crippen LogP contribution is 2.27. The number of aromatic nitrogens is 1. The van der Waals surface area contributed by atoms with Crippen LogP contribution < -0.4 is 0 Å². The average molecular weight is 210 g/mol. The number of Topliss-reactive ketones (excluding diaryl/α,β-unsaturated/α-hetero) is 1. The van der Waals surface area contributed by atoms with Crippen LogP contribution >= 0.6 is 11.6 Å². The third-order valence-corrected chi connectivity index (χ3v) is 3.09. The second kappa shape index (κ2) is 4.09. The number of carbonyl (C=O) groups excluding carboxylic acids is 1. The summed E-state index contributed by atoms with van der Waals surface area (Å²) in [5, 5.41) is 0.673. The van der Waals surface area contributed by atoms with Gasteiger partial charge < -0.3 is 0 Å². The molecular formula is C11H12ClNO. The summed E-state index contributed by atoms with van der Waals surface area (Å²) in [6.45, 7) is 0. The molecule has 1 heterocycles. The van der Waals surface area contributed by atoms with Crippen LogP contribution in [0.15, 0.2) is 18.5 Å². The van der Waals surface area contributed by atoms with Gasteiger partial charge in [0.25, 0.3) is 0 Å². The van der Waals surface area contributed by atoms with E-state index in [1.165, 1.54) is 0 Å². The lowest BCUT2D eigenvalue weighted by Gasteiger charge is -2.08. The molecule has 1 unspecified atom stereocenters. The molecule has 1 saturated carbocycles. The van der Waals surface area contributed by atoms with Gasteiger partial charge in [0.15, 0.2) is 0 Å². The minimum Gasteiger partial charge on any atom is -0.299 e. The molecule has 1 atom stereocenters. The monoisotopic (exact) mass is 209 g/mol. The number of halogens is 1. The maximum Gasteiger partial charge on any atom is 0.136 e. The highest BCUT2D eigenvalue weighted by atomic mass is 35.5. The predicted octanol–water partition coefficient (Wildman–Crippen LogP) is 2.65. The summed E-state index contributed by atoms with van der Waals surface area (Å²) in [4.78, 5) is 15.4. The Morgan fingerprint density at radius 2 is 2.43 bits per heavy atom. The van der Waals surface area contributed by atoms with Crippen molar-refractivity contribution in [2.24, 2.45) is 5.92 Å². The molecule has 2 rings (SSSR count). The van der Waals surface area contributed by atoms with Gasteiger partial charge in [0, 0.05) is 24.7 Å². The summed E-state index contributed by atoms with van der Waals surface area (Å²) >= 11 is 5.98. The molecule has 0 spiro atoms. The largest absolute Gasteiger partial charge is 0.299 e. The molecule has 1 aromatic rings. The molecule has 14 heavy (non-hydrogen) atoms. The molecule has 3 heteroatoms. The zero-order valence-electron chi connectivity index (χ0n) is 7.87. The minimum absolute atomic E-state index is 0.190. The van der Waals surface area contributed by atoms with Crippen LogP contribution in [0.5, 0.6) is 0 Å². The highest BCUT2D eigenvalue weighted by molar-refractivity contribution is 6.31. The Balaban J connectivity index is 2.10. The lowest BCUT2D eigenvalue weighted by atomic mass is 9.98. The lowest BCUT2D eigenvalue weighted by Crippen LogP contribution is -2.09. The first-order valence-electron chi connectivity index (χ1n) is 4.88. The third-order valence-electron chi connectivity index (χ3n) is 2.75. The predicted molar refractivity (Wildman–Crippen MR) is 55.3 cm³/mol. The topological polar surface area (TPSA) is 30.0 Å². The number of rotatable bonds is 2. The lowest BCUT2D eigenvalue weighted by molar-refractivity contribution is -0.120. The van der Waals surface area contributed by atoms with Crippen LogP contribution in [0, 0.1) is 5.92 Å². The summed E-state index contributed by atoms with van der Waals surface area (Å²) in [6, 6.07) is 1.90. The van der Waals surface area contributed by atoms with E-state index in [1.54, 1.807) is 12.4 Å². The summed E-state index contributed by atoms with van der Waals surface area (Å²) in [7, 11) is 0. The Morgan fingerprint density at radius 1 is 1.57 bits per heavy atom. The van der Waals surface area contributed by atoms with E-state index in [2.05, 4.69) is 4.98 Å². The van der Waals surface area contributed by atoms with E-state index in [9.17, 15) is 4.79 Å². The summed E-state index contributed by atoms with van der Waals surface area (Å²) in [5.41, 5.74) is 1.04. The highest BCUT2D eigenvalue weighted by Gasteiger charge is 2.24. The van der Waals surface area contributed by atoms with Crippen molar-refractivity contribution in [1.29, 1.82) is 0 Å². The fourth-order valence-corrected chi connectivity index (χ4v) is 2.14. The van der Waals surface area contributed by atoms with E-state index in [0.717, 1.165) is 31.2 Å². The first-order valence-corrected chi connectivity index (χ1v) is 5.26. The molecular weight excluding hydrogens is 198 g/mol. The van der Waals surface area contributed by atoms with Gasteiger partial charge in [0.2, 0.25) is 0 Å². The van der Waals surface area contributed by atoms with Crippen molar-refractivity contribution in [3.8, 4) is 0 Å². The third kappa shape index (κ3) is 1.95. The van der Waals surface area contributed by atoms with Crippen LogP contribution in [0.2, 0.25) is 5.02 Å². The number of carbonyl (C=O) groups is 1. The molecule has 0 aliphatic heterocycles. The Bertz CT molecular complexity index is 351. The Kier molecular flexibility index (Phi) is 2.82. The summed E-state index contributed by atoms with van der Waals surface area (Å²) in [6.07, 6.45) is 6.92. The van der Waals surface area contributed by atoms with Crippen molar-refractivity contribution in [2.75, 3.05) is 0 Å². The zero-order chi connectivity index (χ0) is 9.97. The van der Waals surface area contributed by atoms with Gasteiger partial charge in [-0.25, -0.2) is 0 Å². The molecule has 1 fully saturated rings. The second-order valence-electron chi connectivity index (χ2n) is 3.73. The fraction of sp³-hybridized carbons (Fsp3) is 0.455. The molecule has 1 aliphatic rings. The maximum atomic E-state index is 11.4. The van der Waals surface area contributed by atoms with Crippen LogP contribution in [0.4, 0.5) is 0 Å². The summed E-state index contributed by atoms with van der Waals surface area (Å²) in [5.74, 6) is 0.577. The standard InChI is InChI=1S/C11H12ClNO/c12-10-7-13-5-4-8(10)6-9-2-1-3-11(9)14/h4-5,7,9H,1-3,6H2. The normalized spacial score (nSPS) is 21.5. The van der Waals surface area contributed by atoms with E-state index < -0.39 is 0 Å². The van der Waals surface area contributed by atoms with Crippen molar-refractivity contribution in [2.45, 2.75) is 25.7 Å². The molecule has 1 aromatic heterocycles. The molecule has 1 aliphatic carbocycles. The van der Waals surface area contributed by atoms with Gasteiger partial charge in [-0.3, -0.25) is 9.78 Å². The van der Waals surface area contributed by atoms with Crippen LogP contribution in [-0.4, -0.2) is 10.8 Å². The Hall–Kier alpha value is -0.890. The van der Waals surface area contributed by atoms with Crippen molar-refractivity contribution in [1.82, 2.24) is 4.98 Å². The number of ketones is 1. The molecule has 0 amide bonds. The number of nitrogens with zero attached hydrogens (tertiary/aromatic N) is 1. The SMILES string of the molecule is O=C1CCCC1Cc1ccncc1Cl. The fourth-order valence-electron chi connectivity index (χ4n) is 1.94. The second-order valence-corrected chi connectivity index (χ2v) is 4.13. The van der Waals surface area contributed by atoms with Gasteiger partial charge in [-0.1, -0.05) is 11.6 Å². The number of hydrogen-bond donors (Lipinski definition) is 0. The van der Waals surface area contributed by atoms with Crippen molar-refractivity contribution >= 4 is 17.4 Å². The van der Waals surface area contributed by atoms with E-state index in [0.29, 0.717) is 10.8 Å². The van der Waals surface area contributed by atoms with Gasteiger partial charge in [-0.15, -0.1) is 0 Å². The first kappa shape index (κ1) is 9.66. The average Bonchev–Trinajstić information content (AvgIpc) is 2.56. The van der Waals surface area contributed by atoms with Gasteiger partial charge >= 0.3 is 0 Å². The van der Waals surface area contributed by atoms with Gasteiger partial charge in [-0.05, 0) is 30.9 Å². The molecule has 0 saturated heterocycles. The molecule has 2 nitrogen and oxygen atoms in total. The van der Waals surface area contributed by atoms with Crippen molar-refractivity contribution < 1.29 is 4.79 Å². The first-order chi connectivity index (χ1) is 6.77. The van der Waals surface area contributed by atoms with Crippen LogP contribution in [0.1, 0.15) is 24.8 Å². The van der Waals surface area contributed by atoms with E-state index in [1.807, 2.05) is 6.07 Å². The van der Waals surface area contributed by atoms with Gasteiger partial charge in [0.1, 0.15) is 5.78 Å². The van der Waals surface area contributed by atoms with Crippen molar-refractivity contribution in [3.63, 3.8) is 0 Å². The van der Waals surface area contributed by atoms with Crippen LogP contribution in [0.25, 0.3) is 0 Å². The van der Waals surface area contributed by atoms with E-state index in [-0.39, 0.29) is 5.92 Å². The molecule has 0 radical (unpaired) electrons. The molecule has 0 bridgehead atoms. The zero-order valence-corrected chi connectivity index (χ0v) is 8.63. The van der Waals surface area contributed by atoms with Crippen LogP contribution in [0.3, 0.4) is 0 Å². The van der Waals surface area contributed by atoms with Gasteiger partial charge in [0.05, 0.1) is 5.02 Å². The minimum atomic E-state index is 0.190. The van der Waals surface area contributed by atoms with Crippen molar-refractivity contribution in [3.05, 3.63) is 29.0 Å². The Labute approximate surface area is 88.3 Å². The number of hydrogen-bond acceptors (Lipinski definition) is 2. The molecule has 0 N–H and O–H groups in total. The van der Waals surface area contributed by atoms with E-state index in [4.69, 9.17) is 11.6 Å². The summed E-state index contributed by atoms with van der Waals surface area (Å²) < 4.78 is 0. The van der Waals surface area contributed by atoms with Gasteiger partial charge in [-0.2, -0.15) is 0 Å².